The van der Waals surface area contributed by atoms with E-state index in [1.165, 1.54) is 54.8 Å². The minimum absolute atomic E-state index is 0.879. The fourth-order valence-corrected chi connectivity index (χ4v) is 10.2. The third kappa shape index (κ3) is 6.67. The molecule has 0 saturated carbocycles. The van der Waals surface area contributed by atoms with Crippen molar-refractivity contribution in [3.63, 3.8) is 0 Å². The number of rotatable bonds is 8. The molecule has 13 aromatic rings. The molecular formula is C64H42N2O. The van der Waals surface area contributed by atoms with E-state index in [0.29, 0.717) is 0 Å². The predicted molar refractivity (Wildman–Crippen MR) is 282 cm³/mol. The zero-order chi connectivity index (χ0) is 44.3. The van der Waals surface area contributed by atoms with Gasteiger partial charge in [-0.25, -0.2) is 0 Å². The molecule has 314 valence electrons. The minimum atomic E-state index is 0.879. The lowest BCUT2D eigenvalue weighted by Crippen LogP contribution is -2.11. The molecule has 3 heteroatoms. The molecule has 0 fully saturated rings. The number of benzene rings is 11. The highest BCUT2D eigenvalue weighted by molar-refractivity contribution is 6.14. The highest BCUT2D eigenvalue weighted by Gasteiger charge is 2.21. The molecule has 0 bridgehead atoms. The molecule has 11 aromatic carbocycles. The molecule has 2 aromatic heterocycles. The van der Waals surface area contributed by atoms with Crippen LogP contribution in [0.15, 0.2) is 259 Å². The standard InChI is InChI=1S/C64H42N2O/c1-2-15-46-41-50(31-30-43(46)14-1)45-34-38-52(39-35-45)65(59-25-7-5-22-56(59)57-24-13-29-63-64(57)58-23-6-10-28-62(58)67-63)51-36-32-44(33-37-51)47-16-11-17-48(40-47)49-18-12-19-53(42-49)66-60-26-8-3-20-54(60)55-21-4-9-27-61(55)66/h1-42H. The molecule has 2 heterocycles. The molecule has 13 rings (SSSR count). The fraction of sp³-hybridized carbons (Fsp3) is 0. The van der Waals surface area contributed by atoms with Gasteiger partial charge in [0.1, 0.15) is 11.2 Å². The lowest BCUT2D eigenvalue weighted by atomic mass is 9.96. The van der Waals surface area contributed by atoms with Gasteiger partial charge >= 0.3 is 0 Å². The van der Waals surface area contributed by atoms with E-state index >= 15 is 0 Å². The van der Waals surface area contributed by atoms with Gasteiger partial charge in [0.05, 0.1) is 16.7 Å². The Morgan fingerprint density at radius 3 is 1.55 bits per heavy atom. The first-order valence-corrected chi connectivity index (χ1v) is 22.9. The van der Waals surface area contributed by atoms with E-state index in [1.807, 2.05) is 6.07 Å². The first kappa shape index (κ1) is 38.5. The van der Waals surface area contributed by atoms with Crippen molar-refractivity contribution in [2.45, 2.75) is 0 Å². The summed E-state index contributed by atoms with van der Waals surface area (Å²) in [6.45, 7) is 0. The zero-order valence-corrected chi connectivity index (χ0v) is 36.6. The van der Waals surface area contributed by atoms with Gasteiger partial charge in [-0.05, 0) is 129 Å². The van der Waals surface area contributed by atoms with Crippen molar-refractivity contribution in [1.29, 1.82) is 0 Å². The van der Waals surface area contributed by atoms with E-state index in [4.69, 9.17) is 4.42 Å². The molecule has 0 aliphatic carbocycles. The second-order valence-corrected chi connectivity index (χ2v) is 17.3. The van der Waals surface area contributed by atoms with Gasteiger partial charge in [-0.3, -0.25) is 0 Å². The van der Waals surface area contributed by atoms with Crippen LogP contribution in [0, 0.1) is 0 Å². The molecule has 0 unspecified atom stereocenters. The number of fused-ring (bicyclic) bond motifs is 7. The van der Waals surface area contributed by atoms with E-state index in [-0.39, 0.29) is 0 Å². The highest BCUT2D eigenvalue weighted by Crippen LogP contribution is 2.45. The molecule has 0 saturated heterocycles. The van der Waals surface area contributed by atoms with Gasteiger partial charge in [0.15, 0.2) is 0 Å². The van der Waals surface area contributed by atoms with Crippen molar-refractivity contribution >= 4 is 71.6 Å². The Kier molecular flexibility index (Phi) is 9.17. The molecule has 67 heavy (non-hydrogen) atoms. The summed E-state index contributed by atoms with van der Waals surface area (Å²) < 4.78 is 8.78. The van der Waals surface area contributed by atoms with Crippen molar-refractivity contribution in [3.8, 4) is 50.2 Å². The number of para-hydroxylation sites is 4. The Hall–Kier alpha value is -8.92. The molecule has 0 amide bonds. The Bertz CT molecular complexity index is 3930. The monoisotopic (exact) mass is 854 g/mol. The molecule has 0 spiro atoms. The Balaban J connectivity index is 0.897. The lowest BCUT2D eigenvalue weighted by molar-refractivity contribution is 0.669. The second-order valence-electron chi connectivity index (χ2n) is 17.3. The summed E-state index contributed by atoms with van der Waals surface area (Å²) >= 11 is 0. The number of nitrogens with zero attached hydrogens (tertiary/aromatic N) is 2. The first-order valence-electron chi connectivity index (χ1n) is 22.9. The van der Waals surface area contributed by atoms with Gasteiger partial charge in [0, 0.05) is 44.2 Å². The van der Waals surface area contributed by atoms with Crippen LogP contribution in [-0.2, 0) is 0 Å². The van der Waals surface area contributed by atoms with Crippen LogP contribution in [-0.4, -0.2) is 4.57 Å². The average Bonchev–Trinajstić information content (AvgIpc) is 3.96. The summed E-state index contributed by atoms with van der Waals surface area (Å²) in [5.74, 6) is 0. The SMILES string of the molecule is c1cc(-c2ccc(N(c3ccc(-c4ccc5ccccc5c4)cc3)c3ccccc3-c3cccc4oc5ccccc5c34)cc2)cc(-c2cccc(-n3c4ccccc4c4ccccc43)c2)c1. The first-order chi connectivity index (χ1) is 33.2. The van der Waals surface area contributed by atoms with Gasteiger partial charge < -0.3 is 13.9 Å². The van der Waals surface area contributed by atoms with Crippen molar-refractivity contribution in [3.05, 3.63) is 255 Å². The van der Waals surface area contributed by atoms with Crippen LogP contribution in [0.1, 0.15) is 0 Å². The summed E-state index contributed by atoms with van der Waals surface area (Å²) in [4.78, 5) is 2.39. The third-order valence-electron chi connectivity index (χ3n) is 13.4. The van der Waals surface area contributed by atoms with Crippen LogP contribution in [0.4, 0.5) is 17.1 Å². The Morgan fingerprint density at radius 2 is 0.821 bits per heavy atom. The molecule has 0 aliphatic heterocycles. The molecule has 0 radical (unpaired) electrons. The van der Waals surface area contributed by atoms with E-state index in [0.717, 1.165) is 66.9 Å². The molecule has 0 N–H and O–H groups in total. The Labute approximate surface area is 388 Å². The second kappa shape index (κ2) is 16.0. The van der Waals surface area contributed by atoms with Gasteiger partial charge in [-0.1, -0.05) is 176 Å². The molecular weight excluding hydrogens is 813 g/mol. The summed E-state index contributed by atoms with van der Waals surface area (Å²) in [5, 5.41) is 7.23. The smallest absolute Gasteiger partial charge is 0.136 e. The van der Waals surface area contributed by atoms with Crippen LogP contribution in [0.25, 0.3) is 105 Å². The van der Waals surface area contributed by atoms with E-state index < -0.39 is 0 Å². The summed E-state index contributed by atoms with van der Waals surface area (Å²) in [7, 11) is 0. The summed E-state index contributed by atoms with van der Waals surface area (Å²) in [6.07, 6.45) is 0. The van der Waals surface area contributed by atoms with Crippen LogP contribution >= 0.6 is 0 Å². The number of aromatic nitrogens is 1. The molecule has 0 atom stereocenters. The maximum Gasteiger partial charge on any atom is 0.136 e. The number of furan rings is 1. The normalized spacial score (nSPS) is 11.6. The highest BCUT2D eigenvalue weighted by atomic mass is 16.3. The maximum atomic E-state index is 6.40. The van der Waals surface area contributed by atoms with Crippen LogP contribution in [0.5, 0.6) is 0 Å². The topological polar surface area (TPSA) is 21.3 Å². The van der Waals surface area contributed by atoms with Gasteiger partial charge in [-0.2, -0.15) is 0 Å². The summed E-state index contributed by atoms with van der Waals surface area (Å²) in [5.41, 5.74) is 17.8. The number of hydrogen-bond acceptors (Lipinski definition) is 2. The average molecular weight is 855 g/mol. The largest absolute Gasteiger partial charge is 0.456 e. The van der Waals surface area contributed by atoms with Crippen LogP contribution in [0.3, 0.4) is 0 Å². The summed E-state index contributed by atoms with van der Waals surface area (Å²) in [6, 6.07) is 91.9. The number of hydrogen-bond donors (Lipinski definition) is 0. The van der Waals surface area contributed by atoms with E-state index in [2.05, 4.69) is 258 Å². The quantitative estimate of drug-likeness (QED) is 0.152. The molecule has 3 nitrogen and oxygen atoms in total. The van der Waals surface area contributed by atoms with Crippen molar-refractivity contribution in [2.24, 2.45) is 0 Å². The third-order valence-corrected chi connectivity index (χ3v) is 13.4. The maximum absolute atomic E-state index is 6.40. The fourth-order valence-electron chi connectivity index (χ4n) is 10.2. The lowest BCUT2D eigenvalue weighted by Gasteiger charge is -2.28. The zero-order valence-electron chi connectivity index (χ0n) is 36.6. The van der Waals surface area contributed by atoms with Gasteiger partial charge in [-0.15, -0.1) is 0 Å². The van der Waals surface area contributed by atoms with Gasteiger partial charge in [0.25, 0.3) is 0 Å². The van der Waals surface area contributed by atoms with Crippen molar-refractivity contribution < 1.29 is 4.42 Å². The predicted octanol–water partition coefficient (Wildman–Crippen LogP) is 18.0. The van der Waals surface area contributed by atoms with Crippen LogP contribution < -0.4 is 4.90 Å². The number of anilines is 3. The van der Waals surface area contributed by atoms with Gasteiger partial charge in [0.2, 0.25) is 0 Å². The van der Waals surface area contributed by atoms with E-state index in [1.54, 1.807) is 0 Å². The minimum Gasteiger partial charge on any atom is -0.456 e. The van der Waals surface area contributed by atoms with Crippen molar-refractivity contribution in [2.75, 3.05) is 4.90 Å². The molecule has 0 aliphatic rings. The Morgan fingerprint density at radius 1 is 0.313 bits per heavy atom. The van der Waals surface area contributed by atoms with Crippen LogP contribution in [0.2, 0.25) is 0 Å². The van der Waals surface area contributed by atoms with E-state index in [9.17, 15) is 0 Å². The van der Waals surface area contributed by atoms with Crippen molar-refractivity contribution in [1.82, 2.24) is 4.57 Å².